The van der Waals surface area contributed by atoms with Crippen LogP contribution in [0.15, 0.2) is 12.1 Å². The molecule has 1 N–H and O–H groups in total. The lowest BCUT2D eigenvalue weighted by atomic mass is 9.90. The molecule has 0 atom stereocenters. The van der Waals surface area contributed by atoms with Crippen molar-refractivity contribution in [2.45, 2.75) is 31.7 Å². The van der Waals surface area contributed by atoms with Gasteiger partial charge in [-0.3, -0.25) is 10.1 Å². The summed E-state index contributed by atoms with van der Waals surface area (Å²) in [4.78, 5) is 12.8. The number of nitro groups is 1. The Morgan fingerprint density at radius 2 is 2.00 bits per heavy atom. The van der Waals surface area contributed by atoms with Crippen LogP contribution in [-0.2, 0) is 0 Å². The lowest BCUT2D eigenvalue weighted by Gasteiger charge is -2.39. The largest absolute Gasteiger partial charge is 0.396 e. The summed E-state index contributed by atoms with van der Waals surface area (Å²) in [5, 5.41) is 20.7. The number of hydrogen-bond acceptors (Lipinski definition) is 4. The van der Waals surface area contributed by atoms with Gasteiger partial charge >= 0.3 is 0 Å². The highest BCUT2D eigenvalue weighted by Gasteiger charge is 2.30. The molecular formula is C13H16Cl2N2O3. The Hall–Kier alpha value is -1.04. The molecule has 20 heavy (non-hydrogen) atoms. The molecule has 1 aliphatic carbocycles. The number of halogens is 2. The SMILES string of the molecule is O=[N+]([O-])c1cc(Cl)c(Cl)cc1N(CCCO)C1CCC1. The van der Waals surface area contributed by atoms with Crippen molar-refractivity contribution in [3.63, 3.8) is 0 Å². The Morgan fingerprint density at radius 3 is 2.50 bits per heavy atom. The van der Waals surface area contributed by atoms with Crippen LogP contribution >= 0.6 is 23.2 Å². The molecule has 0 aromatic heterocycles. The monoisotopic (exact) mass is 318 g/mol. The molecule has 2 rings (SSSR count). The molecule has 0 spiro atoms. The van der Waals surface area contributed by atoms with Crippen molar-refractivity contribution in [1.82, 2.24) is 0 Å². The molecule has 1 aromatic carbocycles. The Balaban J connectivity index is 2.39. The van der Waals surface area contributed by atoms with Gasteiger partial charge in [0.05, 0.1) is 15.0 Å². The molecule has 1 aromatic rings. The molecule has 0 heterocycles. The first-order chi connectivity index (χ1) is 9.54. The molecule has 0 saturated heterocycles. The number of rotatable bonds is 6. The highest BCUT2D eigenvalue weighted by molar-refractivity contribution is 6.42. The maximum absolute atomic E-state index is 11.2. The maximum Gasteiger partial charge on any atom is 0.294 e. The molecule has 110 valence electrons. The van der Waals surface area contributed by atoms with Crippen molar-refractivity contribution in [2.75, 3.05) is 18.1 Å². The molecule has 0 radical (unpaired) electrons. The topological polar surface area (TPSA) is 66.6 Å². The molecule has 0 bridgehead atoms. The van der Waals surface area contributed by atoms with Gasteiger partial charge in [0.1, 0.15) is 5.69 Å². The maximum atomic E-state index is 11.2. The average Bonchev–Trinajstić information content (AvgIpc) is 2.34. The van der Waals surface area contributed by atoms with Gasteiger partial charge in [0.25, 0.3) is 5.69 Å². The molecule has 1 fully saturated rings. The summed E-state index contributed by atoms with van der Waals surface area (Å²) in [6.07, 6.45) is 3.69. The lowest BCUT2D eigenvalue weighted by molar-refractivity contribution is -0.384. The summed E-state index contributed by atoms with van der Waals surface area (Å²) in [7, 11) is 0. The van der Waals surface area contributed by atoms with Gasteiger partial charge in [0.2, 0.25) is 0 Å². The van der Waals surface area contributed by atoms with Crippen LogP contribution in [0.2, 0.25) is 10.0 Å². The van der Waals surface area contributed by atoms with Crippen molar-refractivity contribution in [1.29, 1.82) is 0 Å². The van der Waals surface area contributed by atoms with E-state index in [1.807, 2.05) is 4.90 Å². The number of anilines is 1. The van der Waals surface area contributed by atoms with Gasteiger partial charge in [-0.1, -0.05) is 23.2 Å². The summed E-state index contributed by atoms with van der Waals surface area (Å²) in [6.45, 7) is 0.623. The highest BCUT2D eigenvalue weighted by Crippen LogP contribution is 2.40. The van der Waals surface area contributed by atoms with E-state index in [9.17, 15) is 10.1 Å². The van der Waals surface area contributed by atoms with E-state index in [1.54, 1.807) is 6.07 Å². The quantitative estimate of drug-likeness (QED) is 0.642. The van der Waals surface area contributed by atoms with Crippen LogP contribution in [0.3, 0.4) is 0 Å². The Bertz CT molecular complexity index is 507. The predicted molar refractivity (Wildman–Crippen MR) is 79.8 cm³/mol. The van der Waals surface area contributed by atoms with Gasteiger partial charge in [0.15, 0.2) is 0 Å². The molecule has 0 aliphatic heterocycles. The van der Waals surface area contributed by atoms with Gasteiger partial charge < -0.3 is 10.0 Å². The minimum Gasteiger partial charge on any atom is -0.396 e. The van der Waals surface area contributed by atoms with E-state index in [0.29, 0.717) is 23.7 Å². The number of benzene rings is 1. The van der Waals surface area contributed by atoms with Gasteiger partial charge in [-0.2, -0.15) is 0 Å². The third-order valence-corrected chi connectivity index (χ3v) is 4.32. The van der Waals surface area contributed by atoms with Crippen molar-refractivity contribution < 1.29 is 10.0 Å². The van der Waals surface area contributed by atoms with E-state index in [2.05, 4.69) is 0 Å². The number of nitro benzene ring substituents is 1. The van der Waals surface area contributed by atoms with E-state index < -0.39 is 4.92 Å². The Labute approximate surface area is 127 Å². The summed E-state index contributed by atoms with van der Waals surface area (Å²) < 4.78 is 0. The van der Waals surface area contributed by atoms with E-state index in [-0.39, 0.29) is 23.4 Å². The number of nitrogens with zero attached hydrogens (tertiary/aromatic N) is 2. The second kappa shape index (κ2) is 6.61. The predicted octanol–water partition coefficient (Wildman–Crippen LogP) is 3.64. The number of hydrogen-bond donors (Lipinski definition) is 1. The zero-order chi connectivity index (χ0) is 14.7. The van der Waals surface area contributed by atoms with Crippen LogP contribution in [-0.4, -0.2) is 29.2 Å². The highest BCUT2D eigenvalue weighted by atomic mass is 35.5. The van der Waals surface area contributed by atoms with Crippen LogP contribution in [0.1, 0.15) is 25.7 Å². The van der Waals surface area contributed by atoms with Crippen molar-refractivity contribution in [3.05, 3.63) is 32.3 Å². The zero-order valence-electron chi connectivity index (χ0n) is 10.9. The number of aliphatic hydroxyl groups excluding tert-OH is 1. The smallest absolute Gasteiger partial charge is 0.294 e. The molecule has 1 aliphatic rings. The second-order valence-electron chi connectivity index (χ2n) is 4.87. The first-order valence-corrected chi connectivity index (χ1v) is 7.31. The van der Waals surface area contributed by atoms with Crippen LogP contribution in [0.4, 0.5) is 11.4 Å². The van der Waals surface area contributed by atoms with Crippen LogP contribution in [0.25, 0.3) is 0 Å². The summed E-state index contributed by atoms with van der Waals surface area (Å²) in [5.74, 6) is 0. The fraction of sp³-hybridized carbons (Fsp3) is 0.538. The standard InChI is InChI=1S/C13H16Cl2N2O3/c14-10-7-12(13(17(19)20)8-11(10)15)16(5-2-6-18)9-3-1-4-9/h7-9,18H,1-6H2. The van der Waals surface area contributed by atoms with Gasteiger partial charge in [0, 0.05) is 25.3 Å². The third kappa shape index (κ3) is 3.16. The zero-order valence-corrected chi connectivity index (χ0v) is 12.4. The minimum absolute atomic E-state index is 0.0377. The Kier molecular flexibility index (Phi) is 5.07. The lowest BCUT2D eigenvalue weighted by Crippen LogP contribution is -2.41. The number of aliphatic hydroxyl groups is 1. The van der Waals surface area contributed by atoms with Crippen LogP contribution in [0, 0.1) is 10.1 Å². The molecule has 5 nitrogen and oxygen atoms in total. The minimum atomic E-state index is -0.442. The molecule has 7 heteroatoms. The fourth-order valence-electron chi connectivity index (χ4n) is 2.34. The van der Waals surface area contributed by atoms with Crippen molar-refractivity contribution in [3.8, 4) is 0 Å². The molecular weight excluding hydrogens is 303 g/mol. The fourth-order valence-corrected chi connectivity index (χ4v) is 2.66. The van der Waals surface area contributed by atoms with Gasteiger partial charge in [-0.25, -0.2) is 0 Å². The molecule has 1 saturated carbocycles. The van der Waals surface area contributed by atoms with E-state index in [0.717, 1.165) is 19.3 Å². The summed E-state index contributed by atoms with van der Waals surface area (Å²) >= 11 is 11.9. The average molecular weight is 319 g/mol. The summed E-state index contributed by atoms with van der Waals surface area (Å²) in [6, 6.07) is 3.12. The first-order valence-electron chi connectivity index (χ1n) is 6.55. The molecule has 0 amide bonds. The Morgan fingerprint density at radius 1 is 1.35 bits per heavy atom. The van der Waals surface area contributed by atoms with Crippen LogP contribution in [0.5, 0.6) is 0 Å². The third-order valence-electron chi connectivity index (χ3n) is 3.60. The summed E-state index contributed by atoms with van der Waals surface area (Å²) in [5.41, 5.74) is 0.451. The van der Waals surface area contributed by atoms with E-state index in [1.165, 1.54) is 6.07 Å². The second-order valence-corrected chi connectivity index (χ2v) is 5.68. The van der Waals surface area contributed by atoms with Gasteiger partial charge in [-0.15, -0.1) is 0 Å². The molecule has 0 unspecified atom stereocenters. The van der Waals surface area contributed by atoms with Crippen molar-refractivity contribution >= 4 is 34.6 Å². The first kappa shape index (κ1) is 15.4. The van der Waals surface area contributed by atoms with Crippen LogP contribution < -0.4 is 4.90 Å². The van der Waals surface area contributed by atoms with E-state index in [4.69, 9.17) is 28.3 Å². The van der Waals surface area contributed by atoms with Gasteiger partial charge in [-0.05, 0) is 31.7 Å². The normalized spacial score (nSPS) is 14.9. The van der Waals surface area contributed by atoms with Crippen molar-refractivity contribution in [2.24, 2.45) is 0 Å². The van der Waals surface area contributed by atoms with E-state index >= 15 is 0 Å².